The van der Waals surface area contributed by atoms with Crippen LogP contribution in [0.4, 0.5) is 0 Å². The lowest BCUT2D eigenvalue weighted by molar-refractivity contribution is 0.0879. The molecule has 0 unspecified atom stereocenters. The van der Waals surface area contributed by atoms with Crippen molar-refractivity contribution >= 4 is 27.1 Å². The van der Waals surface area contributed by atoms with Crippen LogP contribution in [0.5, 0.6) is 0 Å². The molecule has 2 heterocycles. The molecule has 0 aliphatic carbocycles. The number of Topliss-reactive ketones (excluding diaryl/α,β-unsaturated/α-hetero) is 1. The van der Waals surface area contributed by atoms with Crippen molar-refractivity contribution in [3.05, 3.63) is 52.2 Å². The number of carbonyl (C=O) groups is 1. The van der Waals surface area contributed by atoms with Gasteiger partial charge in [0.05, 0.1) is 9.77 Å². The Bertz CT molecular complexity index is 787. The smallest absolute Gasteiger partial charge is 0.243 e. The molecule has 1 saturated heterocycles. The number of hydrogen-bond donors (Lipinski definition) is 0. The molecular weight excluding hydrogens is 342 g/mol. The number of sulfonamides is 1. The molecule has 0 atom stereocenters. The Morgan fingerprint density at radius 1 is 1.17 bits per heavy atom. The second-order valence-corrected chi connectivity index (χ2v) is 8.90. The third kappa shape index (κ3) is 3.45. The first-order chi connectivity index (χ1) is 11.5. The van der Waals surface area contributed by atoms with Gasteiger partial charge in [-0.1, -0.05) is 25.1 Å². The van der Waals surface area contributed by atoms with Gasteiger partial charge in [0.25, 0.3) is 0 Å². The average molecular weight is 364 g/mol. The number of hydrogen-bond acceptors (Lipinski definition) is 4. The van der Waals surface area contributed by atoms with Gasteiger partial charge < -0.3 is 0 Å². The van der Waals surface area contributed by atoms with E-state index in [9.17, 15) is 13.2 Å². The standard InChI is InChI=1S/C18H21NO3S2/c1-2-14-5-7-16(8-6-14)24(21,22)19-11-9-15(10-12-19)18(20)17-4-3-13-23-17/h3-8,13,15H,2,9-12H2,1H3. The summed E-state index contributed by atoms with van der Waals surface area (Å²) in [6, 6.07) is 10.8. The zero-order valence-corrected chi connectivity index (χ0v) is 15.3. The van der Waals surface area contributed by atoms with E-state index in [0.717, 1.165) is 16.9 Å². The molecule has 1 fully saturated rings. The molecule has 0 spiro atoms. The highest BCUT2D eigenvalue weighted by Gasteiger charge is 2.32. The van der Waals surface area contributed by atoms with Crippen molar-refractivity contribution in [3.8, 4) is 0 Å². The lowest BCUT2D eigenvalue weighted by atomic mass is 9.93. The first kappa shape index (κ1) is 17.3. The molecule has 4 nitrogen and oxygen atoms in total. The second-order valence-electron chi connectivity index (χ2n) is 6.02. The molecule has 128 valence electrons. The summed E-state index contributed by atoms with van der Waals surface area (Å²) in [5.41, 5.74) is 1.12. The Morgan fingerprint density at radius 2 is 1.83 bits per heavy atom. The molecule has 1 aromatic heterocycles. The molecule has 0 bridgehead atoms. The quantitative estimate of drug-likeness (QED) is 0.763. The molecule has 0 saturated carbocycles. The fourth-order valence-corrected chi connectivity index (χ4v) is 5.24. The summed E-state index contributed by atoms with van der Waals surface area (Å²) in [6.45, 7) is 2.85. The molecule has 0 radical (unpaired) electrons. The van der Waals surface area contributed by atoms with Crippen LogP contribution in [-0.4, -0.2) is 31.6 Å². The summed E-state index contributed by atoms with van der Waals surface area (Å²) in [5, 5.41) is 1.90. The number of aryl methyl sites for hydroxylation is 1. The number of nitrogens with zero attached hydrogens (tertiary/aromatic N) is 1. The van der Waals surface area contributed by atoms with Gasteiger partial charge >= 0.3 is 0 Å². The van der Waals surface area contributed by atoms with Crippen LogP contribution in [-0.2, 0) is 16.4 Å². The van der Waals surface area contributed by atoms with Crippen LogP contribution >= 0.6 is 11.3 Å². The van der Waals surface area contributed by atoms with E-state index in [1.807, 2.05) is 36.6 Å². The van der Waals surface area contributed by atoms with Crippen LogP contribution in [0.1, 0.15) is 35.0 Å². The van der Waals surface area contributed by atoms with E-state index in [1.54, 1.807) is 12.1 Å². The highest BCUT2D eigenvalue weighted by Crippen LogP contribution is 2.27. The third-order valence-corrected chi connectivity index (χ3v) is 7.36. The maximum Gasteiger partial charge on any atom is 0.243 e. The summed E-state index contributed by atoms with van der Waals surface area (Å²) in [4.78, 5) is 13.5. The predicted molar refractivity (Wildman–Crippen MR) is 96.0 cm³/mol. The van der Waals surface area contributed by atoms with E-state index in [0.29, 0.717) is 30.8 Å². The highest BCUT2D eigenvalue weighted by atomic mass is 32.2. The van der Waals surface area contributed by atoms with Crippen molar-refractivity contribution in [3.63, 3.8) is 0 Å². The molecule has 1 aliphatic rings. The number of ketones is 1. The summed E-state index contributed by atoms with van der Waals surface area (Å²) in [7, 11) is -3.47. The van der Waals surface area contributed by atoms with Crippen molar-refractivity contribution in [2.75, 3.05) is 13.1 Å². The van der Waals surface area contributed by atoms with E-state index < -0.39 is 10.0 Å². The van der Waals surface area contributed by atoms with Gasteiger partial charge in [-0.05, 0) is 48.4 Å². The molecule has 3 rings (SSSR count). The Kier molecular flexibility index (Phi) is 5.18. The zero-order valence-electron chi connectivity index (χ0n) is 13.6. The fourth-order valence-electron chi connectivity index (χ4n) is 3.02. The van der Waals surface area contributed by atoms with Gasteiger partial charge in [-0.3, -0.25) is 4.79 Å². The van der Waals surface area contributed by atoms with Crippen molar-refractivity contribution < 1.29 is 13.2 Å². The molecule has 0 N–H and O–H groups in total. The Hall–Kier alpha value is -1.50. The molecule has 24 heavy (non-hydrogen) atoms. The summed E-state index contributed by atoms with van der Waals surface area (Å²) >= 11 is 1.45. The second kappa shape index (κ2) is 7.17. The van der Waals surface area contributed by atoms with Crippen LogP contribution in [0, 0.1) is 5.92 Å². The van der Waals surface area contributed by atoms with Gasteiger partial charge in [0.1, 0.15) is 0 Å². The van der Waals surface area contributed by atoms with Gasteiger partial charge in [-0.25, -0.2) is 8.42 Å². The van der Waals surface area contributed by atoms with Crippen LogP contribution in [0.3, 0.4) is 0 Å². The first-order valence-corrected chi connectivity index (χ1v) is 10.5. The van der Waals surface area contributed by atoms with Crippen LogP contribution in [0.2, 0.25) is 0 Å². The van der Waals surface area contributed by atoms with Gasteiger partial charge in [0, 0.05) is 19.0 Å². The summed E-state index contributed by atoms with van der Waals surface area (Å²) < 4.78 is 27.0. The Labute approximate surface area is 147 Å². The van der Waals surface area contributed by atoms with Gasteiger partial charge in [0.2, 0.25) is 10.0 Å². The lowest BCUT2D eigenvalue weighted by Gasteiger charge is -2.30. The summed E-state index contributed by atoms with van der Waals surface area (Å²) in [5.74, 6) is 0.0758. The Balaban J connectivity index is 1.68. The van der Waals surface area contributed by atoms with E-state index in [4.69, 9.17) is 0 Å². The minimum Gasteiger partial charge on any atom is -0.293 e. The minimum absolute atomic E-state index is 0.0717. The highest BCUT2D eigenvalue weighted by molar-refractivity contribution is 7.89. The van der Waals surface area contributed by atoms with Crippen molar-refractivity contribution in [2.24, 2.45) is 5.92 Å². The van der Waals surface area contributed by atoms with Crippen molar-refractivity contribution in [1.82, 2.24) is 4.31 Å². The molecule has 0 amide bonds. The average Bonchev–Trinajstić information content (AvgIpc) is 3.16. The van der Waals surface area contributed by atoms with Gasteiger partial charge in [-0.2, -0.15) is 4.31 Å². The molecule has 1 aliphatic heterocycles. The van der Waals surface area contributed by atoms with Crippen LogP contribution in [0.15, 0.2) is 46.7 Å². The topological polar surface area (TPSA) is 54.5 Å². The monoisotopic (exact) mass is 363 g/mol. The SMILES string of the molecule is CCc1ccc(S(=O)(=O)N2CCC(C(=O)c3cccs3)CC2)cc1. The maximum absolute atomic E-state index is 12.7. The largest absolute Gasteiger partial charge is 0.293 e. The van der Waals surface area contributed by atoms with Crippen LogP contribution in [0.25, 0.3) is 0 Å². The number of piperidine rings is 1. The Morgan fingerprint density at radius 3 is 2.38 bits per heavy atom. The number of thiophene rings is 1. The molecule has 6 heteroatoms. The molecule has 2 aromatic rings. The van der Waals surface area contributed by atoms with Gasteiger partial charge in [0.15, 0.2) is 5.78 Å². The van der Waals surface area contributed by atoms with Gasteiger partial charge in [-0.15, -0.1) is 11.3 Å². The normalized spacial score (nSPS) is 17.0. The van der Waals surface area contributed by atoms with Crippen molar-refractivity contribution in [1.29, 1.82) is 0 Å². The molecule has 1 aromatic carbocycles. The number of rotatable bonds is 5. The van der Waals surface area contributed by atoms with E-state index >= 15 is 0 Å². The minimum atomic E-state index is -3.47. The maximum atomic E-state index is 12.7. The van der Waals surface area contributed by atoms with Crippen molar-refractivity contribution in [2.45, 2.75) is 31.1 Å². The first-order valence-electron chi connectivity index (χ1n) is 8.19. The van der Waals surface area contributed by atoms with E-state index in [1.165, 1.54) is 15.6 Å². The van der Waals surface area contributed by atoms with E-state index in [2.05, 4.69) is 0 Å². The molecular formula is C18H21NO3S2. The summed E-state index contributed by atoms with van der Waals surface area (Å²) in [6.07, 6.45) is 2.06. The third-order valence-electron chi connectivity index (χ3n) is 4.56. The zero-order chi connectivity index (χ0) is 17.2. The fraction of sp³-hybridized carbons (Fsp3) is 0.389. The predicted octanol–water partition coefficient (Wildman–Crippen LogP) is 3.59. The number of carbonyl (C=O) groups excluding carboxylic acids is 1. The lowest BCUT2D eigenvalue weighted by Crippen LogP contribution is -2.40. The van der Waals surface area contributed by atoms with E-state index in [-0.39, 0.29) is 11.7 Å². The van der Waals surface area contributed by atoms with Crippen LogP contribution < -0.4 is 0 Å². The number of benzene rings is 1.